The van der Waals surface area contributed by atoms with Crippen LogP contribution in [0.25, 0.3) is 0 Å². The number of hydrogen-bond donors (Lipinski definition) is 2. The summed E-state index contributed by atoms with van der Waals surface area (Å²) in [5.41, 5.74) is 5.08. The maximum atomic E-state index is 12.5. The number of nitrogens with two attached hydrogens (primary N) is 1. The van der Waals surface area contributed by atoms with E-state index < -0.39 is 11.7 Å². The Bertz CT molecular complexity index is 446. The summed E-state index contributed by atoms with van der Waals surface area (Å²) in [6.07, 6.45) is -2.95. The highest BCUT2D eigenvalue weighted by molar-refractivity contribution is 5.78. The van der Waals surface area contributed by atoms with Gasteiger partial charge in [-0.05, 0) is 37.1 Å². The van der Waals surface area contributed by atoms with Crippen LogP contribution >= 0.6 is 0 Å². The summed E-state index contributed by atoms with van der Waals surface area (Å²) < 4.78 is 37.6. The molecule has 0 saturated heterocycles. The maximum absolute atomic E-state index is 12.5. The summed E-state index contributed by atoms with van der Waals surface area (Å²) in [5.74, 6) is -0.361. The third-order valence-electron chi connectivity index (χ3n) is 3.01. The maximum Gasteiger partial charge on any atom is 0.416 e. The highest BCUT2D eigenvalue weighted by atomic mass is 19.4. The predicted molar refractivity (Wildman–Crippen MR) is 70.7 cm³/mol. The van der Waals surface area contributed by atoms with Crippen LogP contribution in [0.5, 0.6) is 0 Å². The summed E-state index contributed by atoms with van der Waals surface area (Å²) in [6.45, 7) is 2.39. The molecule has 0 radical (unpaired) electrons. The highest BCUT2D eigenvalue weighted by Crippen LogP contribution is 2.29. The molecule has 0 bridgehead atoms. The average Bonchev–Trinajstić information content (AvgIpc) is 2.41. The van der Waals surface area contributed by atoms with Crippen molar-refractivity contribution in [2.45, 2.75) is 32.5 Å². The molecular formula is C14H19F3N2O. The minimum absolute atomic E-state index is 0.0930. The fourth-order valence-corrected chi connectivity index (χ4v) is 1.78. The number of carbonyl (C=O) groups is 1. The van der Waals surface area contributed by atoms with Gasteiger partial charge in [0.1, 0.15) is 0 Å². The molecule has 1 rings (SSSR count). The second-order valence-electron chi connectivity index (χ2n) is 4.75. The normalized spacial score (nSPS) is 13.1. The number of halogens is 3. The van der Waals surface area contributed by atoms with Gasteiger partial charge in [-0.3, -0.25) is 4.79 Å². The topological polar surface area (TPSA) is 55.1 Å². The first-order chi connectivity index (χ1) is 9.34. The van der Waals surface area contributed by atoms with E-state index in [9.17, 15) is 18.0 Å². The van der Waals surface area contributed by atoms with Gasteiger partial charge >= 0.3 is 6.18 Å². The molecule has 0 aliphatic heterocycles. The molecule has 0 aromatic heterocycles. The molecule has 1 aromatic rings. The van der Waals surface area contributed by atoms with Gasteiger partial charge in [-0.15, -0.1) is 0 Å². The van der Waals surface area contributed by atoms with Crippen LogP contribution in [-0.2, 0) is 17.5 Å². The van der Waals surface area contributed by atoms with Crippen molar-refractivity contribution in [1.82, 2.24) is 5.32 Å². The van der Waals surface area contributed by atoms with Gasteiger partial charge in [0, 0.05) is 12.5 Å². The lowest BCUT2D eigenvalue weighted by Gasteiger charge is -2.13. The molecule has 3 nitrogen and oxygen atoms in total. The van der Waals surface area contributed by atoms with Crippen molar-refractivity contribution in [3.8, 4) is 0 Å². The molecule has 0 heterocycles. The van der Waals surface area contributed by atoms with Crippen molar-refractivity contribution in [3.05, 3.63) is 35.4 Å². The number of benzene rings is 1. The Morgan fingerprint density at radius 3 is 2.70 bits per heavy atom. The van der Waals surface area contributed by atoms with Crippen molar-refractivity contribution in [1.29, 1.82) is 0 Å². The molecule has 6 heteroatoms. The van der Waals surface area contributed by atoms with Crippen molar-refractivity contribution >= 4 is 5.91 Å². The van der Waals surface area contributed by atoms with Gasteiger partial charge in [0.2, 0.25) is 5.91 Å². The Balaban J connectivity index is 2.55. The monoisotopic (exact) mass is 288 g/mol. The van der Waals surface area contributed by atoms with Crippen LogP contribution in [0.15, 0.2) is 24.3 Å². The van der Waals surface area contributed by atoms with E-state index in [4.69, 9.17) is 5.73 Å². The Morgan fingerprint density at radius 1 is 1.40 bits per heavy atom. The van der Waals surface area contributed by atoms with Crippen LogP contribution in [0.4, 0.5) is 13.2 Å². The number of carbonyl (C=O) groups excluding carboxylic acids is 1. The van der Waals surface area contributed by atoms with Crippen LogP contribution < -0.4 is 11.1 Å². The van der Waals surface area contributed by atoms with E-state index in [1.54, 1.807) is 13.0 Å². The van der Waals surface area contributed by atoms with E-state index in [0.717, 1.165) is 18.6 Å². The van der Waals surface area contributed by atoms with Crippen LogP contribution in [0.2, 0.25) is 0 Å². The molecule has 20 heavy (non-hydrogen) atoms. The van der Waals surface area contributed by atoms with E-state index in [-0.39, 0.29) is 18.4 Å². The van der Waals surface area contributed by atoms with Crippen LogP contribution in [0.3, 0.4) is 0 Å². The van der Waals surface area contributed by atoms with Crippen molar-refractivity contribution in [2.75, 3.05) is 6.54 Å². The van der Waals surface area contributed by atoms with E-state index in [1.165, 1.54) is 6.07 Å². The summed E-state index contributed by atoms with van der Waals surface area (Å²) in [6, 6.07) is 4.95. The standard InChI is InChI=1S/C14H19F3N2O/c1-10(4-3-7-18)13(20)19-9-11-5-2-6-12(8-11)14(15,16)17/h2,5-6,8,10H,3-4,7,9,18H2,1H3,(H,19,20). The Labute approximate surface area is 116 Å². The van der Waals surface area contributed by atoms with Gasteiger partial charge < -0.3 is 11.1 Å². The molecule has 1 aromatic carbocycles. The predicted octanol–water partition coefficient (Wildman–Crippen LogP) is 2.70. The minimum Gasteiger partial charge on any atom is -0.352 e. The number of nitrogens with one attached hydrogen (secondary N) is 1. The van der Waals surface area contributed by atoms with Crippen LogP contribution in [0.1, 0.15) is 30.9 Å². The number of rotatable bonds is 6. The quantitative estimate of drug-likeness (QED) is 0.845. The van der Waals surface area contributed by atoms with E-state index in [2.05, 4.69) is 5.32 Å². The zero-order valence-corrected chi connectivity index (χ0v) is 11.3. The zero-order chi connectivity index (χ0) is 15.2. The van der Waals surface area contributed by atoms with Gasteiger partial charge in [-0.25, -0.2) is 0 Å². The average molecular weight is 288 g/mol. The molecule has 0 aliphatic rings. The molecule has 0 saturated carbocycles. The second kappa shape index (κ2) is 7.28. The summed E-state index contributed by atoms with van der Waals surface area (Å²) >= 11 is 0. The first-order valence-electron chi connectivity index (χ1n) is 6.48. The zero-order valence-electron chi connectivity index (χ0n) is 11.3. The van der Waals surface area contributed by atoms with Gasteiger partial charge in [-0.2, -0.15) is 13.2 Å². The Morgan fingerprint density at radius 2 is 2.10 bits per heavy atom. The molecule has 1 atom stereocenters. The second-order valence-corrected chi connectivity index (χ2v) is 4.75. The van der Waals surface area contributed by atoms with Gasteiger partial charge in [0.25, 0.3) is 0 Å². The number of hydrogen-bond acceptors (Lipinski definition) is 2. The third-order valence-corrected chi connectivity index (χ3v) is 3.01. The molecule has 0 spiro atoms. The van der Waals surface area contributed by atoms with Gasteiger partial charge in [-0.1, -0.05) is 19.1 Å². The van der Waals surface area contributed by atoms with Crippen molar-refractivity contribution in [2.24, 2.45) is 11.7 Å². The molecule has 0 aliphatic carbocycles. The van der Waals surface area contributed by atoms with Crippen molar-refractivity contribution < 1.29 is 18.0 Å². The fourth-order valence-electron chi connectivity index (χ4n) is 1.78. The third kappa shape index (κ3) is 5.21. The van der Waals surface area contributed by atoms with E-state index in [1.807, 2.05) is 0 Å². The molecule has 112 valence electrons. The van der Waals surface area contributed by atoms with Crippen molar-refractivity contribution in [3.63, 3.8) is 0 Å². The van der Waals surface area contributed by atoms with E-state index in [0.29, 0.717) is 18.5 Å². The Hall–Kier alpha value is -1.56. The molecule has 1 amide bonds. The lowest BCUT2D eigenvalue weighted by molar-refractivity contribution is -0.137. The summed E-state index contributed by atoms with van der Waals surface area (Å²) in [4.78, 5) is 11.7. The molecule has 1 unspecified atom stereocenters. The smallest absolute Gasteiger partial charge is 0.352 e. The highest BCUT2D eigenvalue weighted by Gasteiger charge is 2.30. The number of amides is 1. The summed E-state index contributed by atoms with van der Waals surface area (Å²) in [7, 11) is 0. The Kier molecular flexibility index (Phi) is 6.01. The lowest BCUT2D eigenvalue weighted by atomic mass is 10.0. The summed E-state index contributed by atoms with van der Waals surface area (Å²) in [5, 5.41) is 2.64. The SMILES string of the molecule is CC(CCCN)C(=O)NCc1cccc(C(F)(F)F)c1. The van der Waals surface area contributed by atoms with Gasteiger partial charge in [0.15, 0.2) is 0 Å². The van der Waals surface area contributed by atoms with E-state index >= 15 is 0 Å². The number of alkyl halides is 3. The first-order valence-corrected chi connectivity index (χ1v) is 6.48. The first kappa shape index (κ1) is 16.5. The minimum atomic E-state index is -4.37. The fraction of sp³-hybridized carbons (Fsp3) is 0.500. The largest absolute Gasteiger partial charge is 0.416 e. The van der Waals surface area contributed by atoms with Crippen LogP contribution in [0, 0.1) is 5.92 Å². The van der Waals surface area contributed by atoms with Crippen LogP contribution in [-0.4, -0.2) is 12.5 Å². The lowest BCUT2D eigenvalue weighted by Crippen LogP contribution is -2.29. The molecular weight excluding hydrogens is 269 g/mol. The van der Waals surface area contributed by atoms with Gasteiger partial charge in [0.05, 0.1) is 5.56 Å². The molecule has 3 N–H and O–H groups in total. The molecule has 0 fully saturated rings.